The smallest absolute Gasteiger partial charge is 0.252 e. The van der Waals surface area contributed by atoms with E-state index in [-0.39, 0.29) is 5.91 Å². The zero-order valence-electron chi connectivity index (χ0n) is 12.2. The normalized spacial score (nSPS) is 10.7. The summed E-state index contributed by atoms with van der Waals surface area (Å²) in [6.07, 6.45) is 2.42. The number of hydrogen-bond donors (Lipinski definition) is 1. The number of nitrogens with zero attached hydrogens (tertiary/aromatic N) is 1. The molecule has 0 atom stereocenters. The average molecular weight is 373 g/mol. The van der Waals surface area contributed by atoms with Crippen molar-refractivity contribution in [3.63, 3.8) is 0 Å². The number of aromatic nitrogens is 1. The Hall–Kier alpha value is -2.27. The molecule has 0 bridgehead atoms. The maximum atomic E-state index is 13.3. The number of halogens is 2. The molecule has 0 aliphatic heterocycles. The van der Waals surface area contributed by atoms with Crippen molar-refractivity contribution in [2.45, 2.75) is 6.42 Å². The van der Waals surface area contributed by atoms with Gasteiger partial charge in [-0.2, -0.15) is 0 Å². The fourth-order valence-electron chi connectivity index (χ4n) is 2.45. The van der Waals surface area contributed by atoms with E-state index in [2.05, 4.69) is 26.2 Å². The first-order valence-electron chi connectivity index (χ1n) is 7.21. The van der Waals surface area contributed by atoms with E-state index in [1.54, 1.807) is 6.20 Å². The van der Waals surface area contributed by atoms with Gasteiger partial charge in [0.1, 0.15) is 5.82 Å². The van der Waals surface area contributed by atoms with Gasteiger partial charge in [-0.05, 0) is 52.2 Å². The first-order valence-corrected chi connectivity index (χ1v) is 8.00. The summed E-state index contributed by atoms with van der Waals surface area (Å²) >= 11 is 3.26. The molecule has 116 valence electrons. The molecule has 0 spiro atoms. The van der Waals surface area contributed by atoms with Gasteiger partial charge in [0, 0.05) is 22.6 Å². The van der Waals surface area contributed by atoms with E-state index in [1.807, 2.05) is 30.3 Å². The lowest BCUT2D eigenvalue weighted by Gasteiger charge is -2.08. The van der Waals surface area contributed by atoms with Crippen LogP contribution in [0.3, 0.4) is 0 Å². The average Bonchev–Trinajstić information content (AvgIpc) is 2.57. The zero-order chi connectivity index (χ0) is 16.2. The van der Waals surface area contributed by atoms with Gasteiger partial charge >= 0.3 is 0 Å². The van der Waals surface area contributed by atoms with Gasteiger partial charge in [0.15, 0.2) is 0 Å². The van der Waals surface area contributed by atoms with Crippen LogP contribution in [0, 0.1) is 5.82 Å². The number of hydrogen-bond acceptors (Lipinski definition) is 2. The van der Waals surface area contributed by atoms with Gasteiger partial charge in [0.25, 0.3) is 5.91 Å². The van der Waals surface area contributed by atoms with Crippen molar-refractivity contribution < 1.29 is 9.18 Å². The molecule has 0 fully saturated rings. The van der Waals surface area contributed by atoms with E-state index in [0.29, 0.717) is 23.0 Å². The summed E-state index contributed by atoms with van der Waals surface area (Å²) in [5.74, 6) is -0.735. The number of para-hydroxylation sites is 1. The van der Waals surface area contributed by atoms with E-state index < -0.39 is 5.82 Å². The summed E-state index contributed by atoms with van der Waals surface area (Å²) in [5.41, 5.74) is 2.30. The topological polar surface area (TPSA) is 42.0 Å². The molecule has 0 radical (unpaired) electrons. The monoisotopic (exact) mass is 372 g/mol. The molecule has 0 saturated carbocycles. The van der Waals surface area contributed by atoms with E-state index in [1.165, 1.54) is 18.2 Å². The van der Waals surface area contributed by atoms with Crippen molar-refractivity contribution >= 4 is 32.7 Å². The van der Waals surface area contributed by atoms with Crippen LogP contribution in [-0.4, -0.2) is 17.4 Å². The maximum absolute atomic E-state index is 13.3. The minimum Gasteiger partial charge on any atom is -0.352 e. The second-order valence-corrected chi connectivity index (χ2v) is 5.98. The van der Waals surface area contributed by atoms with Gasteiger partial charge in [0.05, 0.1) is 11.1 Å². The molecule has 3 rings (SSSR count). The molecule has 0 aliphatic rings. The van der Waals surface area contributed by atoms with Crippen LogP contribution in [0.25, 0.3) is 10.9 Å². The molecule has 2 aromatic carbocycles. The number of benzene rings is 2. The van der Waals surface area contributed by atoms with E-state index in [4.69, 9.17) is 0 Å². The molecule has 0 aliphatic carbocycles. The number of fused-ring (bicyclic) bond motifs is 1. The lowest BCUT2D eigenvalue weighted by molar-refractivity contribution is 0.0953. The highest BCUT2D eigenvalue weighted by Crippen LogP contribution is 2.18. The number of amides is 1. The largest absolute Gasteiger partial charge is 0.352 e. The Labute approximate surface area is 141 Å². The summed E-state index contributed by atoms with van der Waals surface area (Å²) in [6, 6.07) is 13.9. The number of carbonyl (C=O) groups excluding carboxylic acids is 1. The summed E-state index contributed by atoms with van der Waals surface area (Å²) in [6.45, 7) is 0.456. The van der Waals surface area contributed by atoms with E-state index >= 15 is 0 Å². The Kier molecular flexibility index (Phi) is 4.67. The minimum absolute atomic E-state index is 0.293. The summed E-state index contributed by atoms with van der Waals surface area (Å²) < 4.78 is 13.8. The van der Waals surface area contributed by atoms with Crippen LogP contribution in [0.4, 0.5) is 4.39 Å². The third-order valence-corrected chi connectivity index (χ3v) is 4.26. The standard InChI is InChI=1S/C18H14BrFN2O/c19-16-7-6-14(20)11-15(16)18(23)22-10-8-13-4-1-3-12-5-2-9-21-17(12)13/h1-7,9,11H,8,10H2,(H,22,23). The molecular weight excluding hydrogens is 359 g/mol. The first kappa shape index (κ1) is 15.6. The number of pyridine rings is 1. The van der Waals surface area contributed by atoms with Gasteiger partial charge < -0.3 is 5.32 Å². The zero-order valence-corrected chi connectivity index (χ0v) is 13.8. The van der Waals surface area contributed by atoms with Crippen molar-refractivity contribution in [3.8, 4) is 0 Å². The molecule has 1 heterocycles. The summed E-state index contributed by atoms with van der Waals surface area (Å²) in [4.78, 5) is 16.5. The molecule has 1 aromatic heterocycles. The maximum Gasteiger partial charge on any atom is 0.252 e. The van der Waals surface area contributed by atoms with Crippen molar-refractivity contribution in [1.29, 1.82) is 0 Å². The SMILES string of the molecule is O=C(NCCc1cccc2cccnc12)c1cc(F)ccc1Br. The molecule has 0 saturated heterocycles. The Morgan fingerprint density at radius 1 is 1.17 bits per heavy atom. The van der Waals surface area contributed by atoms with Crippen molar-refractivity contribution in [3.05, 3.63) is 76.1 Å². The molecule has 5 heteroatoms. The third kappa shape index (κ3) is 3.56. The van der Waals surface area contributed by atoms with Crippen LogP contribution in [0.5, 0.6) is 0 Å². The van der Waals surface area contributed by atoms with Crippen molar-refractivity contribution in [2.75, 3.05) is 6.54 Å². The minimum atomic E-state index is -0.434. The van der Waals surface area contributed by atoms with E-state index in [0.717, 1.165) is 16.5 Å². The van der Waals surface area contributed by atoms with Crippen molar-refractivity contribution in [1.82, 2.24) is 10.3 Å². The van der Waals surface area contributed by atoms with E-state index in [9.17, 15) is 9.18 Å². The predicted octanol–water partition coefficient (Wildman–Crippen LogP) is 4.11. The Morgan fingerprint density at radius 2 is 2.00 bits per heavy atom. The highest BCUT2D eigenvalue weighted by Gasteiger charge is 2.11. The Morgan fingerprint density at radius 3 is 2.87 bits per heavy atom. The molecule has 0 unspecified atom stereocenters. The third-order valence-electron chi connectivity index (χ3n) is 3.57. The summed E-state index contributed by atoms with van der Waals surface area (Å²) in [5, 5.41) is 3.89. The fraction of sp³-hybridized carbons (Fsp3) is 0.111. The second-order valence-electron chi connectivity index (χ2n) is 5.12. The molecular formula is C18H14BrFN2O. The van der Waals surface area contributed by atoms with Crippen LogP contribution in [0.1, 0.15) is 15.9 Å². The van der Waals surface area contributed by atoms with Crippen LogP contribution in [0.2, 0.25) is 0 Å². The molecule has 3 nitrogen and oxygen atoms in total. The Balaban J connectivity index is 1.69. The number of carbonyl (C=O) groups is 1. The number of rotatable bonds is 4. The van der Waals surface area contributed by atoms with Crippen LogP contribution >= 0.6 is 15.9 Å². The number of nitrogens with one attached hydrogen (secondary N) is 1. The van der Waals surface area contributed by atoms with Gasteiger partial charge in [-0.3, -0.25) is 9.78 Å². The Bertz CT molecular complexity index is 861. The van der Waals surface area contributed by atoms with Gasteiger partial charge in [-0.1, -0.05) is 24.3 Å². The molecule has 1 N–H and O–H groups in total. The fourth-order valence-corrected chi connectivity index (χ4v) is 2.87. The second kappa shape index (κ2) is 6.87. The van der Waals surface area contributed by atoms with Gasteiger partial charge in [-0.15, -0.1) is 0 Å². The van der Waals surface area contributed by atoms with Crippen LogP contribution < -0.4 is 5.32 Å². The highest BCUT2D eigenvalue weighted by molar-refractivity contribution is 9.10. The molecule has 1 amide bonds. The lowest BCUT2D eigenvalue weighted by atomic mass is 10.1. The lowest BCUT2D eigenvalue weighted by Crippen LogP contribution is -2.26. The predicted molar refractivity (Wildman–Crippen MR) is 91.9 cm³/mol. The summed E-state index contributed by atoms with van der Waals surface area (Å²) in [7, 11) is 0. The first-order chi connectivity index (χ1) is 11.1. The highest BCUT2D eigenvalue weighted by atomic mass is 79.9. The molecule has 3 aromatic rings. The van der Waals surface area contributed by atoms with Crippen LogP contribution in [-0.2, 0) is 6.42 Å². The molecule has 23 heavy (non-hydrogen) atoms. The van der Waals surface area contributed by atoms with Gasteiger partial charge in [-0.25, -0.2) is 4.39 Å². The van der Waals surface area contributed by atoms with Crippen LogP contribution in [0.15, 0.2) is 59.2 Å². The quantitative estimate of drug-likeness (QED) is 0.748. The van der Waals surface area contributed by atoms with Gasteiger partial charge in [0.2, 0.25) is 0 Å². The van der Waals surface area contributed by atoms with Crippen molar-refractivity contribution in [2.24, 2.45) is 0 Å².